The van der Waals surface area contributed by atoms with Crippen molar-refractivity contribution in [1.82, 2.24) is 31.2 Å². The molecule has 0 amide bonds. The molecule has 0 aliphatic rings. The minimum Gasteiger partial charge on any atom is -0.412 e. The van der Waals surface area contributed by atoms with E-state index in [9.17, 15) is 50.4 Å². The van der Waals surface area contributed by atoms with E-state index in [2.05, 4.69) is 57.7 Å². The van der Waals surface area contributed by atoms with Gasteiger partial charge in [0.15, 0.2) is 0 Å². The zero-order valence-electron chi connectivity index (χ0n) is 22.2. The van der Waals surface area contributed by atoms with E-state index in [1.54, 1.807) is 0 Å². The molecule has 6 N–H and O–H groups in total. The third-order valence-electron chi connectivity index (χ3n) is 4.35. The Kier molecular flexibility index (Phi) is 14.3. The van der Waals surface area contributed by atoms with Gasteiger partial charge in [-0.25, -0.2) is 9.97 Å². The Morgan fingerprint density at radius 3 is 1.05 bits per heavy atom. The van der Waals surface area contributed by atoms with Gasteiger partial charge in [0.25, 0.3) is 0 Å². The van der Waals surface area contributed by atoms with Crippen LogP contribution in [0.15, 0.2) is 36.4 Å². The molecule has 7 nitrogen and oxygen atoms in total. The van der Waals surface area contributed by atoms with E-state index in [4.69, 9.17) is 9.97 Å². The molecule has 0 bridgehead atoms. The molecular formula is C20H30F12N6OP2Zn. The van der Waals surface area contributed by atoms with Crippen molar-refractivity contribution in [3.05, 3.63) is 47.8 Å². The Hall–Kier alpha value is -1.52. The van der Waals surface area contributed by atoms with E-state index in [0.717, 1.165) is 72.5 Å². The molecule has 0 fully saturated rings. The molecule has 22 heteroatoms. The molecule has 0 unspecified atom stereocenters. The van der Waals surface area contributed by atoms with E-state index in [1.165, 1.54) is 0 Å². The molecule has 0 radical (unpaired) electrons. The molecule has 242 valence electrons. The maximum absolute atomic E-state index is 10.7. The SMILES string of the molecule is CNCCNCc1ccc2ccc3ccc(CNCCNC)nc3c2n1.F[P-](F)(F)(F)(F)F.F[P-](F)(F)(F)(F)F.O.[Zn+2]. The Balaban J connectivity index is 0. The van der Waals surface area contributed by atoms with Crippen molar-refractivity contribution in [3.63, 3.8) is 0 Å². The van der Waals surface area contributed by atoms with Crippen LogP contribution in [-0.4, -0.2) is 55.7 Å². The Bertz CT molecular complexity index is 1160. The Morgan fingerprint density at radius 1 is 0.524 bits per heavy atom. The summed E-state index contributed by atoms with van der Waals surface area (Å²) >= 11 is 0. The third-order valence-corrected chi connectivity index (χ3v) is 4.35. The van der Waals surface area contributed by atoms with Gasteiger partial charge in [-0.15, -0.1) is 0 Å². The van der Waals surface area contributed by atoms with Crippen molar-refractivity contribution in [2.75, 3.05) is 40.3 Å². The number of hydrogen-bond acceptors (Lipinski definition) is 6. The van der Waals surface area contributed by atoms with Gasteiger partial charge in [-0.1, -0.05) is 24.3 Å². The molecule has 2 aromatic heterocycles. The number of halogens is 12. The standard InChI is InChI=1S/C20H28N6.2F6P.H2O.Zn/c1-21-9-11-23-13-17-7-5-15-3-4-16-6-8-18(14-24-12-10-22-2)26-20(16)19(15)25-17;2*1-7(2,3,4,5)6;;/h3-8,21-24H,9-14H2,1-2H3;;;1H2;/q;2*-1;;+2. The van der Waals surface area contributed by atoms with Crippen LogP contribution in [0.4, 0.5) is 50.4 Å². The molecule has 0 aliphatic heterocycles. The number of nitrogens with zero attached hydrogens (tertiary/aromatic N) is 2. The van der Waals surface area contributed by atoms with Gasteiger partial charge in [0.2, 0.25) is 0 Å². The van der Waals surface area contributed by atoms with E-state index < -0.39 is 15.6 Å². The van der Waals surface area contributed by atoms with Crippen molar-refractivity contribution < 1.29 is 75.3 Å². The minimum absolute atomic E-state index is 0. The molecular weight excluding hydrogens is 696 g/mol. The monoisotopic (exact) mass is 724 g/mol. The second-order valence-electron chi connectivity index (χ2n) is 8.29. The second-order valence-corrected chi connectivity index (χ2v) is 12.1. The van der Waals surface area contributed by atoms with Gasteiger partial charge in [0, 0.05) is 50.0 Å². The predicted octanol–water partition coefficient (Wildman–Crippen LogP) is 7.34. The van der Waals surface area contributed by atoms with Crippen LogP contribution in [0.25, 0.3) is 21.8 Å². The van der Waals surface area contributed by atoms with Crippen LogP contribution < -0.4 is 21.3 Å². The molecule has 42 heavy (non-hydrogen) atoms. The second kappa shape index (κ2) is 14.1. The normalized spacial score (nSPS) is 14.8. The van der Waals surface area contributed by atoms with Crippen LogP contribution in [0.1, 0.15) is 11.4 Å². The van der Waals surface area contributed by atoms with Crippen molar-refractivity contribution in [2.24, 2.45) is 0 Å². The average molecular weight is 726 g/mol. The van der Waals surface area contributed by atoms with Gasteiger partial charge in [-0.3, -0.25) is 0 Å². The maximum Gasteiger partial charge on any atom is 2.00 e. The number of aromatic nitrogens is 2. The summed E-state index contributed by atoms with van der Waals surface area (Å²) in [5.41, 5.74) is 4.04. The summed E-state index contributed by atoms with van der Waals surface area (Å²) in [4.78, 5) is 9.75. The number of pyridine rings is 2. The van der Waals surface area contributed by atoms with E-state index >= 15 is 0 Å². The summed E-state index contributed by atoms with van der Waals surface area (Å²) < 4.78 is 118. The largest absolute Gasteiger partial charge is 2.00 e. The summed E-state index contributed by atoms with van der Waals surface area (Å²) in [5, 5.41) is 15.3. The van der Waals surface area contributed by atoms with Crippen molar-refractivity contribution in [2.45, 2.75) is 13.1 Å². The van der Waals surface area contributed by atoms with Crippen LogP contribution in [0, 0.1) is 0 Å². The zero-order chi connectivity index (χ0) is 31.0. The molecule has 3 rings (SSSR count). The van der Waals surface area contributed by atoms with E-state index in [-0.39, 0.29) is 25.0 Å². The number of benzene rings is 1. The number of hydrogen-bond donors (Lipinski definition) is 4. The molecule has 1 aromatic carbocycles. The fraction of sp³-hybridized carbons (Fsp3) is 0.400. The zero-order valence-corrected chi connectivity index (χ0v) is 27.0. The predicted molar refractivity (Wildman–Crippen MR) is 139 cm³/mol. The topological polar surface area (TPSA) is 105 Å². The third kappa shape index (κ3) is 26.1. The summed E-state index contributed by atoms with van der Waals surface area (Å²) in [6.45, 7) is 5.27. The fourth-order valence-electron chi connectivity index (χ4n) is 2.91. The van der Waals surface area contributed by atoms with Gasteiger partial charge in [0.05, 0.1) is 22.4 Å². The molecule has 0 saturated heterocycles. The van der Waals surface area contributed by atoms with Crippen LogP contribution in [-0.2, 0) is 32.6 Å². The van der Waals surface area contributed by atoms with Crippen LogP contribution in [0.5, 0.6) is 0 Å². The van der Waals surface area contributed by atoms with Gasteiger partial charge in [0.1, 0.15) is 0 Å². The van der Waals surface area contributed by atoms with Crippen LogP contribution in [0.2, 0.25) is 0 Å². The van der Waals surface area contributed by atoms with Crippen molar-refractivity contribution in [3.8, 4) is 0 Å². The van der Waals surface area contributed by atoms with Gasteiger partial charge in [-0.2, -0.15) is 0 Å². The number of fused-ring (bicyclic) bond motifs is 3. The van der Waals surface area contributed by atoms with E-state index in [0.29, 0.717) is 0 Å². The Labute approximate surface area is 245 Å². The molecule has 3 aromatic rings. The quantitative estimate of drug-likeness (QED) is 0.0574. The fourth-order valence-corrected chi connectivity index (χ4v) is 2.91. The molecule has 0 spiro atoms. The van der Waals surface area contributed by atoms with Crippen molar-refractivity contribution in [1.29, 1.82) is 0 Å². The summed E-state index contributed by atoms with van der Waals surface area (Å²) in [5.74, 6) is 0. The van der Waals surface area contributed by atoms with Crippen LogP contribution >= 0.6 is 15.6 Å². The smallest absolute Gasteiger partial charge is 0.412 e. The van der Waals surface area contributed by atoms with Gasteiger partial charge in [-0.05, 0) is 26.2 Å². The minimum atomic E-state index is -10.7. The van der Waals surface area contributed by atoms with E-state index in [1.807, 2.05) is 14.1 Å². The summed E-state index contributed by atoms with van der Waals surface area (Å²) in [6.07, 6.45) is 0. The number of nitrogens with one attached hydrogen (secondary N) is 4. The first-order chi connectivity index (χ1) is 17.7. The summed E-state index contributed by atoms with van der Waals surface area (Å²) in [6, 6.07) is 12.7. The first-order valence-corrected chi connectivity index (χ1v) is 15.3. The summed E-state index contributed by atoms with van der Waals surface area (Å²) in [7, 11) is -17.4. The first kappa shape index (κ1) is 42.6. The average Bonchev–Trinajstić information content (AvgIpc) is 2.75. The molecule has 0 saturated carbocycles. The first-order valence-electron chi connectivity index (χ1n) is 11.2. The molecule has 0 aliphatic carbocycles. The number of rotatable bonds is 10. The maximum atomic E-state index is 9.87. The number of likely N-dealkylation sites (N-methyl/N-ethyl adjacent to an activating group) is 2. The molecule has 2 heterocycles. The Morgan fingerprint density at radius 2 is 0.786 bits per heavy atom. The van der Waals surface area contributed by atoms with Gasteiger partial charge < -0.3 is 26.7 Å². The van der Waals surface area contributed by atoms with Crippen molar-refractivity contribution >= 4 is 37.4 Å². The molecule has 0 atom stereocenters. The van der Waals surface area contributed by atoms with Gasteiger partial charge >= 0.3 is 85.5 Å². The van der Waals surface area contributed by atoms with Crippen LogP contribution in [0.3, 0.4) is 0 Å².